The van der Waals surface area contributed by atoms with Gasteiger partial charge in [0.2, 0.25) is 5.88 Å². The predicted octanol–water partition coefficient (Wildman–Crippen LogP) is 0.664. The van der Waals surface area contributed by atoms with Crippen LogP contribution in [-0.4, -0.2) is 36.4 Å². The SMILES string of the molecule is CCOC(=O)C1(Oc2ccc(C#N)cn2)COC1. The molecule has 0 saturated carbocycles. The second-order valence-corrected chi connectivity index (χ2v) is 3.81. The van der Waals surface area contributed by atoms with Crippen molar-refractivity contribution in [1.29, 1.82) is 5.26 Å². The fraction of sp³-hybridized carbons (Fsp3) is 0.417. The third-order valence-corrected chi connectivity index (χ3v) is 2.48. The van der Waals surface area contributed by atoms with Crippen LogP contribution in [0.2, 0.25) is 0 Å². The molecule has 0 radical (unpaired) electrons. The van der Waals surface area contributed by atoms with Gasteiger partial charge in [0.1, 0.15) is 19.3 Å². The Morgan fingerprint density at radius 1 is 1.61 bits per heavy atom. The molecule has 0 spiro atoms. The quantitative estimate of drug-likeness (QED) is 0.728. The second kappa shape index (κ2) is 5.02. The fourth-order valence-corrected chi connectivity index (χ4v) is 1.48. The molecule has 6 heteroatoms. The van der Waals surface area contributed by atoms with Crippen molar-refractivity contribution in [2.75, 3.05) is 19.8 Å². The van der Waals surface area contributed by atoms with Crippen molar-refractivity contribution >= 4 is 5.97 Å². The van der Waals surface area contributed by atoms with E-state index in [1.54, 1.807) is 13.0 Å². The molecule has 0 aromatic carbocycles. The molecule has 2 heterocycles. The molecule has 1 aliphatic heterocycles. The summed E-state index contributed by atoms with van der Waals surface area (Å²) in [5.74, 6) is -0.187. The van der Waals surface area contributed by atoms with E-state index in [2.05, 4.69) is 4.98 Å². The molecule has 0 unspecified atom stereocenters. The number of hydrogen-bond donors (Lipinski definition) is 0. The Bertz CT molecular complexity index is 474. The second-order valence-electron chi connectivity index (χ2n) is 3.81. The van der Waals surface area contributed by atoms with Crippen molar-refractivity contribution in [3.8, 4) is 11.9 Å². The van der Waals surface area contributed by atoms with Gasteiger partial charge in [0, 0.05) is 12.3 Å². The number of carbonyl (C=O) groups excluding carboxylic acids is 1. The average molecular weight is 248 g/mol. The monoisotopic (exact) mass is 248 g/mol. The molecule has 6 nitrogen and oxygen atoms in total. The molecule has 1 aromatic rings. The van der Waals surface area contributed by atoms with Gasteiger partial charge in [-0.15, -0.1) is 0 Å². The third-order valence-electron chi connectivity index (χ3n) is 2.48. The molecule has 0 N–H and O–H groups in total. The Morgan fingerprint density at radius 3 is 2.83 bits per heavy atom. The van der Waals surface area contributed by atoms with Crippen LogP contribution in [0.5, 0.6) is 5.88 Å². The summed E-state index contributed by atoms with van der Waals surface area (Å²) in [7, 11) is 0. The van der Waals surface area contributed by atoms with Crippen LogP contribution in [0, 0.1) is 11.3 Å². The number of rotatable bonds is 4. The van der Waals surface area contributed by atoms with Crippen molar-refractivity contribution in [2.24, 2.45) is 0 Å². The normalized spacial score (nSPS) is 16.2. The van der Waals surface area contributed by atoms with Crippen LogP contribution < -0.4 is 4.74 Å². The first-order valence-electron chi connectivity index (χ1n) is 5.50. The Kier molecular flexibility index (Phi) is 3.44. The molecule has 1 saturated heterocycles. The Balaban J connectivity index is 2.10. The van der Waals surface area contributed by atoms with Crippen LogP contribution in [-0.2, 0) is 14.3 Å². The van der Waals surface area contributed by atoms with Crippen molar-refractivity contribution in [2.45, 2.75) is 12.5 Å². The van der Waals surface area contributed by atoms with Gasteiger partial charge in [-0.2, -0.15) is 5.26 Å². The van der Waals surface area contributed by atoms with Crippen LogP contribution >= 0.6 is 0 Å². The van der Waals surface area contributed by atoms with E-state index in [0.717, 1.165) is 0 Å². The number of ether oxygens (including phenoxy) is 3. The van der Waals surface area contributed by atoms with Crippen LogP contribution in [0.1, 0.15) is 12.5 Å². The van der Waals surface area contributed by atoms with Gasteiger partial charge in [-0.05, 0) is 13.0 Å². The van der Waals surface area contributed by atoms with E-state index >= 15 is 0 Å². The minimum Gasteiger partial charge on any atom is -0.463 e. The summed E-state index contributed by atoms with van der Waals surface area (Å²) in [5.41, 5.74) is -0.672. The highest BCUT2D eigenvalue weighted by molar-refractivity contribution is 5.81. The molecule has 94 valence electrons. The largest absolute Gasteiger partial charge is 0.463 e. The van der Waals surface area contributed by atoms with Crippen LogP contribution in [0.4, 0.5) is 0 Å². The molecule has 2 rings (SSSR count). The van der Waals surface area contributed by atoms with Crippen LogP contribution in [0.25, 0.3) is 0 Å². The van der Waals surface area contributed by atoms with Crippen molar-refractivity contribution < 1.29 is 19.0 Å². The Morgan fingerprint density at radius 2 is 2.39 bits per heavy atom. The molecule has 0 amide bonds. The van der Waals surface area contributed by atoms with Gasteiger partial charge in [-0.3, -0.25) is 0 Å². The number of esters is 1. The number of nitriles is 1. The predicted molar refractivity (Wildman–Crippen MR) is 59.8 cm³/mol. The maximum atomic E-state index is 11.8. The third kappa shape index (κ3) is 2.26. The lowest BCUT2D eigenvalue weighted by molar-refractivity contribution is -0.203. The highest BCUT2D eigenvalue weighted by Crippen LogP contribution is 2.25. The van der Waals surface area contributed by atoms with Gasteiger partial charge >= 0.3 is 5.97 Å². The lowest BCUT2D eigenvalue weighted by Crippen LogP contribution is -2.61. The summed E-state index contributed by atoms with van der Waals surface area (Å²) >= 11 is 0. The number of hydrogen-bond acceptors (Lipinski definition) is 6. The zero-order valence-electron chi connectivity index (χ0n) is 9.88. The molecule has 1 aliphatic rings. The molecule has 0 atom stereocenters. The summed E-state index contributed by atoms with van der Waals surface area (Å²) in [6.45, 7) is 2.30. The smallest absolute Gasteiger partial charge is 0.355 e. The van der Waals surface area contributed by atoms with E-state index in [0.29, 0.717) is 5.56 Å². The summed E-state index contributed by atoms with van der Waals surface area (Å²) < 4.78 is 15.5. The first-order chi connectivity index (χ1) is 8.70. The fourth-order valence-electron chi connectivity index (χ4n) is 1.48. The van der Waals surface area contributed by atoms with Gasteiger partial charge in [-0.25, -0.2) is 9.78 Å². The minimum atomic E-state index is -1.10. The van der Waals surface area contributed by atoms with Gasteiger partial charge in [0.15, 0.2) is 0 Å². The highest BCUT2D eigenvalue weighted by Gasteiger charge is 2.50. The molecule has 1 aromatic heterocycles. The van der Waals surface area contributed by atoms with E-state index in [1.807, 2.05) is 6.07 Å². The van der Waals surface area contributed by atoms with Gasteiger partial charge in [0.05, 0.1) is 12.2 Å². The first-order valence-corrected chi connectivity index (χ1v) is 5.50. The lowest BCUT2D eigenvalue weighted by Gasteiger charge is -2.37. The molecule has 18 heavy (non-hydrogen) atoms. The summed E-state index contributed by atoms with van der Waals surface area (Å²) in [5, 5.41) is 8.65. The summed E-state index contributed by atoms with van der Waals surface area (Å²) in [6, 6.07) is 5.06. The standard InChI is InChI=1S/C12H12N2O4/c1-2-17-11(15)12(7-16-8-12)18-10-4-3-9(5-13)6-14-10/h3-4,6H,2,7-8H2,1H3. The van der Waals surface area contributed by atoms with E-state index < -0.39 is 11.6 Å². The molecular formula is C12H12N2O4. The first kappa shape index (κ1) is 12.3. The topological polar surface area (TPSA) is 81.4 Å². The van der Waals surface area contributed by atoms with E-state index in [4.69, 9.17) is 19.5 Å². The molecule has 1 fully saturated rings. The van der Waals surface area contributed by atoms with Crippen LogP contribution in [0.15, 0.2) is 18.3 Å². The van der Waals surface area contributed by atoms with Gasteiger partial charge < -0.3 is 14.2 Å². The maximum absolute atomic E-state index is 11.8. The Labute approximate surface area is 104 Å². The number of carbonyl (C=O) groups is 1. The Hall–Kier alpha value is -2.13. The minimum absolute atomic E-state index is 0.146. The summed E-state index contributed by atoms with van der Waals surface area (Å²) in [4.78, 5) is 15.7. The number of nitrogens with zero attached hydrogens (tertiary/aromatic N) is 2. The molecule has 0 bridgehead atoms. The number of pyridine rings is 1. The van der Waals surface area contributed by atoms with Gasteiger partial charge in [-0.1, -0.05) is 0 Å². The van der Waals surface area contributed by atoms with E-state index in [-0.39, 0.29) is 25.7 Å². The number of aromatic nitrogens is 1. The molecule has 0 aliphatic carbocycles. The van der Waals surface area contributed by atoms with Crippen molar-refractivity contribution in [3.63, 3.8) is 0 Å². The average Bonchev–Trinajstić information content (AvgIpc) is 2.35. The van der Waals surface area contributed by atoms with E-state index in [9.17, 15) is 4.79 Å². The summed E-state index contributed by atoms with van der Waals surface area (Å²) in [6.07, 6.45) is 1.38. The van der Waals surface area contributed by atoms with Gasteiger partial charge in [0.25, 0.3) is 5.60 Å². The van der Waals surface area contributed by atoms with Crippen molar-refractivity contribution in [1.82, 2.24) is 4.98 Å². The van der Waals surface area contributed by atoms with E-state index in [1.165, 1.54) is 12.3 Å². The van der Waals surface area contributed by atoms with Crippen molar-refractivity contribution in [3.05, 3.63) is 23.9 Å². The zero-order chi connectivity index (χ0) is 13.0. The lowest BCUT2D eigenvalue weighted by atomic mass is 10.0. The molecular weight excluding hydrogens is 236 g/mol. The van der Waals surface area contributed by atoms with Crippen LogP contribution in [0.3, 0.4) is 0 Å². The zero-order valence-corrected chi connectivity index (χ0v) is 9.88. The maximum Gasteiger partial charge on any atom is 0.355 e. The highest BCUT2D eigenvalue weighted by atomic mass is 16.6.